The van der Waals surface area contributed by atoms with Gasteiger partial charge in [0.05, 0.1) is 0 Å². The summed E-state index contributed by atoms with van der Waals surface area (Å²) in [5, 5.41) is 3.34. The minimum absolute atomic E-state index is 0.112. The van der Waals surface area contributed by atoms with Crippen LogP contribution in [0.2, 0.25) is 0 Å². The zero-order valence-corrected chi connectivity index (χ0v) is 15.0. The first kappa shape index (κ1) is 16.5. The van der Waals surface area contributed by atoms with Crippen LogP contribution in [-0.2, 0) is 0 Å². The summed E-state index contributed by atoms with van der Waals surface area (Å²) in [5.74, 6) is 0.465. The first-order valence-corrected chi connectivity index (χ1v) is 8.25. The Balaban J connectivity index is 2.34. The third-order valence-electron chi connectivity index (χ3n) is 3.06. The molecule has 0 saturated carbocycles. The topological polar surface area (TPSA) is 21.3 Å². The maximum Gasteiger partial charge on any atom is 0.166 e. The van der Waals surface area contributed by atoms with Crippen LogP contribution >= 0.6 is 31.9 Å². The molecule has 5 heteroatoms. The van der Waals surface area contributed by atoms with Crippen molar-refractivity contribution in [2.75, 3.05) is 6.54 Å². The second kappa shape index (κ2) is 7.38. The highest BCUT2D eigenvalue weighted by Crippen LogP contribution is 2.33. The predicted molar refractivity (Wildman–Crippen MR) is 90.4 cm³/mol. The van der Waals surface area contributed by atoms with Gasteiger partial charge >= 0.3 is 0 Å². The van der Waals surface area contributed by atoms with Gasteiger partial charge < -0.3 is 10.1 Å². The molecule has 2 aromatic rings. The molecular formula is C16H16Br2FNO. The highest BCUT2D eigenvalue weighted by molar-refractivity contribution is 9.10. The van der Waals surface area contributed by atoms with Gasteiger partial charge in [-0.25, -0.2) is 4.39 Å². The average molecular weight is 417 g/mol. The van der Waals surface area contributed by atoms with E-state index in [-0.39, 0.29) is 11.8 Å². The van der Waals surface area contributed by atoms with Gasteiger partial charge in [-0.1, -0.05) is 38.8 Å². The molecule has 2 rings (SSSR count). The molecule has 0 aliphatic rings. The summed E-state index contributed by atoms with van der Waals surface area (Å²) in [5.41, 5.74) is 0.980. The first-order chi connectivity index (χ1) is 10.0. The lowest BCUT2D eigenvalue weighted by atomic mass is 10.1. The summed E-state index contributed by atoms with van der Waals surface area (Å²) in [4.78, 5) is 0. The molecule has 2 aromatic carbocycles. The summed E-state index contributed by atoms with van der Waals surface area (Å²) in [6.45, 7) is 4.94. The predicted octanol–water partition coefficient (Wildman–Crippen LogP) is 5.81. The third kappa shape index (κ3) is 4.28. The van der Waals surface area contributed by atoms with E-state index >= 15 is 0 Å². The monoisotopic (exact) mass is 415 g/mol. The quantitative estimate of drug-likeness (QED) is 0.663. The molecule has 0 bridgehead atoms. The van der Waals surface area contributed by atoms with Crippen molar-refractivity contribution in [2.24, 2.45) is 0 Å². The maximum absolute atomic E-state index is 13.9. The molecular weight excluding hydrogens is 401 g/mol. The minimum atomic E-state index is -0.394. The summed E-state index contributed by atoms with van der Waals surface area (Å²) >= 11 is 6.70. The SMILES string of the molecule is CCNC(C)c1cc(Br)ccc1Oc1ccc(Br)cc1F. The highest BCUT2D eigenvalue weighted by Gasteiger charge is 2.14. The van der Waals surface area contributed by atoms with Crippen molar-refractivity contribution in [1.82, 2.24) is 5.32 Å². The fourth-order valence-corrected chi connectivity index (χ4v) is 2.76. The van der Waals surface area contributed by atoms with Crippen LogP contribution in [0.4, 0.5) is 4.39 Å². The molecule has 0 amide bonds. The van der Waals surface area contributed by atoms with Gasteiger partial charge in [0, 0.05) is 20.6 Å². The van der Waals surface area contributed by atoms with Crippen molar-refractivity contribution in [2.45, 2.75) is 19.9 Å². The molecule has 0 heterocycles. The summed E-state index contributed by atoms with van der Waals surface area (Å²) in [6.07, 6.45) is 0. The van der Waals surface area contributed by atoms with E-state index in [2.05, 4.69) is 44.1 Å². The lowest BCUT2D eigenvalue weighted by Crippen LogP contribution is -2.18. The van der Waals surface area contributed by atoms with E-state index in [1.165, 1.54) is 6.07 Å². The van der Waals surface area contributed by atoms with Crippen molar-refractivity contribution >= 4 is 31.9 Å². The lowest BCUT2D eigenvalue weighted by molar-refractivity contribution is 0.429. The van der Waals surface area contributed by atoms with Crippen molar-refractivity contribution in [3.8, 4) is 11.5 Å². The Labute approximate surface area is 141 Å². The van der Waals surface area contributed by atoms with Crippen LogP contribution < -0.4 is 10.1 Å². The van der Waals surface area contributed by atoms with E-state index in [0.29, 0.717) is 10.2 Å². The average Bonchev–Trinajstić information content (AvgIpc) is 2.43. The molecule has 1 atom stereocenters. The van der Waals surface area contributed by atoms with Crippen LogP contribution in [0.1, 0.15) is 25.5 Å². The summed E-state index contributed by atoms with van der Waals surface area (Å²) in [7, 11) is 0. The molecule has 0 aromatic heterocycles. The molecule has 112 valence electrons. The lowest BCUT2D eigenvalue weighted by Gasteiger charge is -2.18. The molecule has 0 fully saturated rings. The molecule has 2 nitrogen and oxygen atoms in total. The van der Waals surface area contributed by atoms with Gasteiger partial charge in [0.15, 0.2) is 11.6 Å². The Morgan fingerprint density at radius 3 is 2.33 bits per heavy atom. The van der Waals surface area contributed by atoms with E-state index in [4.69, 9.17) is 4.74 Å². The van der Waals surface area contributed by atoms with Gasteiger partial charge in [0.25, 0.3) is 0 Å². The van der Waals surface area contributed by atoms with Crippen LogP contribution in [0.25, 0.3) is 0 Å². The van der Waals surface area contributed by atoms with Gasteiger partial charge in [-0.05, 0) is 49.9 Å². The zero-order chi connectivity index (χ0) is 15.4. The highest BCUT2D eigenvalue weighted by atomic mass is 79.9. The maximum atomic E-state index is 13.9. The fourth-order valence-electron chi connectivity index (χ4n) is 2.04. The van der Waals surface area contributed by atoms with Crippen LogP contribution in [0.5, 0.6) is 11.5 Å². The number of rotatable bonds is 5. The number of hydrogen-bond donors (Lipinski definition) is 1. The van der Waals surface area contributed by atoms with Crippen molar-refractivity contribution in [3.63, 3.8) is 0 Å². The number of ether oxygens (including phenoxy) is 1. The Kier molecular flexibility index (Phi) is 5.79. The molecule has 21 heavy (non-hydrogen) atoms. The Bertz CT molecular complexity index is 634. The van der Waals surface area contributed by atoms with Crippen molar-refractivity contribution in [1.29, 1.82) is 0 Å². The van der Waals surface area contributed by atoms with Gasteiger partial charge in [-0.3, -0.25) is 0 Å². The number of hydrogen-bond acceptors (Lipinski definition) is 2. The normalized spacial score (nSPS) is 12.2. The molecule has 0 radical (unpaired) electrons. The first-order valence-electron chi connectivity index (χ1n) is 6.67. The number of nitrogens with one attached hydrogen (secondary N) is 1. The van der Waals surface area contributed by atoms with Gasteiger partial charge in [0.1, 0.15) is 5.75 Å². The second-order valence-corrected chi connectivity index (χ2v) is 6.47. The fraction of sp³-hybridized carbons (Fsp3) is 0.250. The standard InChI is InChI=1S/C16H16Br2FNO/c1-3-20-10(2)13-8-11(17)4-6-15(13)21-16-7-5-12(18)9-14(16)19/h4-10,20H,3H2,1-2H3. The zero-order valence-electron chi connectivity index (χ0n) is 11.8. The van der Waals surface area contributed by atoms with Gasteiger partial charge in [-0.15, -0.1) is 0 Å². The molecule has 0 saturated heterocycles. The van der Waals surface area contributed by atoms with Crippen molar-refractivity contribution < 1.29 is 9.13 Å². The molecule has 1 unspecified atom stereocenters. The summed E-state index contributed by atoms with van der Waals surface area (Å²) < 4.78 is 21.3. The van der Waals surface area contributed by atoms with Crippen LogP contribution in [-0.4, -0.2) is 6.54 Å². The number of benzene rings is 2. The van der Waals surface area contributed by atoms with E-state index < -0.39 is 5.82 Å². The molecule has 1 N–H and O–H groups in total. The second-order valence-electron chi connectivity index (χ2n) is 4.64. The van der Waals surface area contributed by atoms with Crippen molar-refractivity contribution in [3.05, 3.63) is 56.7 Å². The van der Waals surface area contributed by atoms with E-state index in [1.807, 2.05) is 25.1 Å². The van der Waals surface area contributed by atoms with E-state index in [1.54, 1.807) is 12.1 Å². The Morgan fingerprint density at radius 2 is 1.71 bits per heavy atom. The van der Waals surface area contributed by atoms with Crippen LogP contribution in [0, 0.1) is 5.82 Å². The molecule has 0 aliphatic heterocycles. The molecule has 0 aliphatic carbocycles. The molecule has 0 spiro atoms. The summed E-state index contributed by atoms with van der Waals surface area (Å²) in [6, 6.07) is 10.6. The van der Waals surface area contributed by atoms with E-state index in [0.717, 1.165) is 16.6 Å². The van der Waals surface area contributed by atoms with E-state index in [9.17, 15) is 4.39 Å². The van der Waals surface area contributed by atoms with Gasteiger partial charge in [-0.2, -0.15) is 0 Å². The number of halogens is 3. The van der Waals surface area contributed by atoms with Crippen LogP contribution in [0.3, 0.4) is 0 Å². The minimum Gasteiger partial charge on any atom is -0.454 e. The largest absolute Gasteiger partial charge is 0.454 e. The van der Waals surface area contributed by atoms with Gasteiger partial charge in [0.2, 0.25) is 0 Å². The Hall–Kier alpha value is -0.910. The third-order valence-corrected chi connectivity index (χ3v) is 4.05. The smallest absolute Gasteiger partial charge is 0.166 e. The Morgan fingerprint density at radius 1 is 1.10 bits per heavy atom. The van der Waals surface area contributed by atoms with Crippen LogP contribution in [0.15, 0.2) is 45.3 Å².